The smallest absolute Gasteiger partial charge is 0.292 e. The first-order chi connectivity index (χ1) is 6.66. The predicted octanol–water partition coefficient (Wildman–Crippen LogP) is 2.73. The van der Waals surface area contributed by atoms with E-state index in [4.69, 9.17) is 16.3 Å². The maximum Gasteiger partial charge on any atom is 0.292 e. The van der Waals surface area contributed by atoms with Crippen molar-refractivity contribution in [2.45, 2.75) is 6.54 Å². The summed E-state index contributed by atoms with van der Waals surface area (Å²) in [5, 5.41) is 0.718. The summed E-state index contributed by atoms with van der Waals surface area (Å²) in [6, 6.07) is 6.21. The average Bonchev–Trinajstić information content (AvgIpc) is 2.16. The van der Waals surface area contributed by atoms with Gasteiger partial charge in [0, 0.05) is 24.7 Å². The van der Waals surface area contributed by atoms with Gasteiger partial charge in [0.2, 0.25) is 0 Å². The Morgan fingerprint density at radius 2 is 2.13 bits per heavy atom. The fraction of sp³-hybridized carbons (Fsp3) is 0.300. The van der Waals surface area contributed by atoms with E-state index in [0.717, 1.165) is 16.3 Å². The van der Waals surface area contributed by atoms with Crippen LogP contribution < -0.4 is 4.74 Å². The molecular formula is C10H12BrClN2O. The fourth-order valence-electron chi connectivity index (χ4n) is 1.29. The lowest BCUT2D eigenvalue weighted by molar-refractivity contribution is 0.413. The highest BCUT2D eigenvalue weighted by atomic mass is 79.9. The molecule has 0 radical (unpaired) electrons. The summed E-state index contributed by atoms with van der Waals surface area (Å²) in [7, 11) is 3.81. The van der Waals surface area contributed by atoms with Gasteiger partial charge < -0.3 is 9.64 Å². The second-order valence-corrected chi connectivity index (χ2v) is 3.78. The second kappa shape index (κ2) is 4.86. The molecule has 0 fully saturated rings. The molecule has 0 aromatic heterocycles. The highest BCUT2D eigenvalue weighted by Crippen LogP contribution is 2.26. The van der Waals surface area contributed by atoms with E-state index in [1.54, 1.807) is 0 Å². The molecule has 1 aliphatic rings. The zero-order valence-corrected chi connectivity index (χ0v) is 11.0. The summed E-state index contributed by atoms with van der Waals surface area (Å²) in [6.07, 6.45) is 0. The van der Waals surface area contributed by atoms with Gasteiger partial charge in [0.25, 0.3) is 6.02 Å². The lowest BCUT2D eigenvalue weighted by atomic mass is 10.2. The molecule has 0 unspecified atom stereocenters. The largest absolute Gasteiger partial charge is 0.426 e. The van der Waals surface area contributed by atoms with E-state index in [-0.39, 0.29) is 17.0 Å². The van der Waals surface area contributed by atoms with Crippen molar-refractivity contribution in [3.8, 4) is 5.75 Å². The van der Waals surface area contributed by atoms with Gasteiger partial charge in [-0.3, -0.25) is 0 Å². The molecule has 0 atom stereocenters. The number of ether oxygens (including phenoxy) is 1. The number of fused-ring (bicyclic) bond motifs is 1. The van der Waals surface area contributed by atoms with E-state index in [2.05, 4.69) is 4.99 Å². The molecule has 0 bridgehead atoms. The summed E-state index contributed by atoms with van der Waals surface area (Å²) in [4.78, 5) is 6.12. The highest BCUT2D eigenvalue weighted by molar-refractivity contribution is 8.93. The number of halogens is 2. The molecule has 1 heterocycles. The van der Waals surface area contributed by atoms with Crippen LogP contribution >= 0.6 is 28.6 Å². The monoisotopic (exact) mass is 290 g/mol. The van der Waals surface area contributed by atoms with Gasteiger partial charge >= 0.3 is 0 Å². The zero-order chi connectivity index (χ0) is 10.1. The summed E-state index contributed by atoms with van der Waals surface area (Å²) in [5.41, 5.74) is 1.03. The molecule has 3 nitrogen and oxygen atoms in total. The molecular weight excluding hydrogens is 279 g/mol. The summed E-state index contributed by atoms with van der Waals surface area (Å²) >= 11 is 5.86. The Balaban J connectivity index is 0.00000112. The van der Waals surface area contributed by atoms with Crippen LogP contribution in [0.4, 0.5) is 0 Å². The van der Waals surface area contributed by atoms with Crippen LogP contribution in [0, 0.1) is 0 Å². The Morgan fingerprint density at radius 3 is 2.80 bits per heavy atom. The van der Waals surface area contributed by atoms with E-state index in [9.17, 15) is 0 Å². The Bertz CT molecular complexity index is 393. The van der Waals surface area contributed by atoms with E-state index < -0.39 is 0 Å². The lowest BCUT2D eigenvalue weighted by Crippen LogP contribution is -2.29. The van der Waals surface area contributed by atoms with Crippen molar-refractivity contribution < 1.29 is 4.74 Å². The van der Waals surface area contributed by atoms with E-state index in [1.807, 2.05) is 37.2 Å². The third kappa shape index (κ3) is 2.63. The van der Waals surface area contributed by atoms with Crippen LogP contribution in [0.2, 0.25) is 5.02 Å². The minimum absolute atomic E-state index is 0. The SMILES string of the molecule is Br.CN(C)C1=NCc2cc(Cl)ccc2O1. The number of rotatable bonds is 0. The van der Waals surface area contributed by atoms with Gasteiger partial charge in [-0.15, -0.1) is 17.0 Å². The molecule has 0 aliphatic carbocycles. The summed E-state index contributed by atoms with van der Waals surface area (Å²) in [6.45, 7) is 0.628. The van der Waals surface area contributed by atoms with Crippen LogP contribution in [-0.2, 0) is 6.54 Å². The van der Waals surface area contributed by atoms with Crippen LogP contribution in [0.25, 0.3) is 0 Å². The highest BCUT2D eigenvalue weighted by Gasteiger charge is 2.14. The van der Waals surface area contributed by atoms with Crippen LogP contribution in [-0.4, -0.2) is 25.0 Å². The number of nitrogens with zero attached hydrogens (tertiary/aromatic N) is 2. The third-order valence-electron chi connectivity index (χ3n) is 1.99. The van der Waals surface area contributed by atoms with Gasteiger partial charge in [0.1, 0.15) is 5.75 Å². The standard InChI is InChI=1S/C10H11ClN2O.BrH/c1-13(2)10-12-6-7-5-8(11)3-4-9(7)14-10;/h3-5H,6H2,1-2H3;1H. The molecule has 1 aromatic rings. The number of aliphatic imine (C=N–C) groups is 1. The minimum Gasteiger partial charge on any atom is -0.426 e. The first-order valence-electron chi connectivity index (χ1n) is 4.35. The van der Waals surface area contributed by atoms with Gasteiger partial charge in [-0.05, 0) is 18.2 Å². The van der Waals surface area contributed by atoms with Gasteiger partial charge in [-0.25, -0.2) is 4.99 Å². The molecule has 0 N–H and O–H groups in total. The lowest BCUT2D eigenvalue weighted by Gasteiger charge is -2.21. The first-order valence-corrected chi connectivity index (χ1v) is 4.72. The Labute approximate surface area is 104 Å². The molecule has 5 heteroatoms. The third-order valence-corrected chi connectivity index (χ3v) is 2.23. The average molecular weight is 292 g/mol. The molecule has 0 spiro atoms. The quantitative estimate of drug-likeness (QED) is 0.734. The van der Waals surface area contributed by atoms with Gasteiger partial charge in [-0.2, -0.15) is 0 Å². The van der Waals surface area contributed by atoms with Crippen molar-refractivity contribution in [3.05, 3.63) is 28.8 Å². The Morgan fingerprint density at radius 1 is 1.40 bits per heavy atom. The van der Waals surface area contributed by atoms with Crippen molar-refractivity contribution in [1.29, 1.82) is 0 Å². The van der Waals surface area contributed by atoms with Gasteiger partial charge in [0.15, 0.2) is 0 Å². The Kier molecular flexibility index (Phi) is 3.99. The molecule has 82 valence electrons. The molecule has 15 heavy (non-hydrogen) atoms. The summed E-state index contributed by atoms with van der Waals surface area (Å²) < 4.78 is 5.57. The minimum atomic E-state index is 0. The van der Waals surface area contributed by atoms with Crippen molar-refractivity contribution in [3.63, 3.8) is 0 Å². The molecule has 2 rings (SSSR count). The van der Waals surface area contributed by atoms with Crippen LogP contribution in [0.5, 0.6) is 5.75 Å². The molecule has 1 aromatic carbocycles. The molecule has 0 amide bonds. The number of amidine groups is 1. The van der Waals surface area contributed by atoms with Gasteiger partial charge in [-0.1, -0.05) is 11.6 Å². The van der Waals surface area contributed by atoms with Crippen LogP contribution in [0.1, 0.15) is 5.56 Å². The number of hydrogen-bond acceptors (Lipinski definition) is 3. The molecule has 1 aliphatic heterocycles. The zero-order valence-electron chi connectivity index (χ0n) is 8.53. The molecule has 0 saturated carbocycles. The van der Waals surface area contributed by atoms with Crippen molar-refractivity contribution in [2.24, 2.45) is 4.99 Å². The van der Waals surface area contributed by atoms with Crippen molar-refractivity contribution in [2.75, 3.05) is 14.1 Å². The maximum atomic E-state index is 5.86. The maximum absolute atomic E-state index is 5.86. The summed E-state index contributed by atoms with van der Waals surface area (Å²) in [5.74, 6) is 0.841. The Hall–Kier alpha value is -0.740. The van der Waals surface area contributed by atoms with Crippen LogP contribution in [0.15, 0.2) is 23.2 Å². The van der Waals surface area contributed by atoms with Crippen molar-refractivity contribution in [1.82, 2.24) is 4.90 Å². The normalized spacial score (nSPS) is 13.1. The fourth-order valence-corrected chi connectivity index (χ4v) is 1.48. The van der Waals surface area contributed by atoms with E-state index in [0.29, 0.717) is 12.6 Å². The van der Waals surface area contributed by atoms with E-state index >= 15 is 0 Å². The second-order valence-electron chi connectivity index (χ2n) is 3.35. The van der Waals surface area contributed by atoms with Crippen molar-refractivity contribution >= 4 is 34.6 Å². The number of hydrogen-bond donors (Lipinski definition) is 0. The first kappa shape index (κ1) is 12.3. The van der Waals surface area contributed by atoms with E-state index in [1.165, 1.54) is 0 Å². The number of benzene rings is 1. The predicted molar refractivity (Wildman–Crippen MR) is 67.2 cm³/mol. The van der Waals surface area contributed by atoms with Crippen LogP contribution in [0.3, 0.4) is 0 Å². The van der Waals surface area contributed by atoms with Gasteiger partial charge in [0.05, 0.1) is 6.54 Å². The molecule has 0 saturated heterocycles. The topological polar surface area (TPSA) is 24.8 Å².